The lowest BCUT2D eigenvalue weighted by Crippen LogP contribution is -2.29. The highest BCUT2D eigenvalue weighted by molar-refractivity contribution is 8.00. The molecule has 0 saturated carbocycles. The van der Waals surface area contributed by atoms with E-state index in [-0.39, 0.29) is 23.9 Å². The second kappa shape index (κ2) is 3.40. The van der Waals surface area contributed by atoms with Gasteiger partial charge in [0.1, 0.15) is 6.10 Å². The molecule has 0 aliphatic carbocycles. The van der Waals surface area contributed by atoms with Crippen LogP contribution >= 0.6 is 11.8 Å². The van der Waals surface area contributed by atoms with E-state index >= 15 is 0 Å². The molecule has 1 N–H and O–H groups in total. The van der Waals surface area contributed by atoms with Crippen molar-refractivity contribution in [1.82, 2.24) is 0 Å². The van der Waals surface area contributed by atoms with Gasteiger partial charge in [-0.05, 0) is 13.8 Å². The van der Waals surface area contributed by atoms with Gasteiger partial charge >= 0.3 is 5.97 Å². The summed E-state index contributed by atoms with van der Waals surface area (Å²) in [5, 5.41) is 8.76. The smallest absolute Gasteiger partial charge is 0.304 e. The van der Waals surface area contributed by atoms with Crippen LogP contribution in [-0.4, -0.2) is 40.1 Å². The Kier molecular flexibility index (Phi) is 2.49. The van der Waals surface area contributed by atoms with Gasteiger partial charge in [0.15, 0.2) is 5.79 Å². The lowest BCUT2D eigenvalue weighted by molar-refractivity contribution is -0.148. The molecule has 2 rings (SSSR count). The minimum atomic E-state index is -0.767. The maximum atomic E-state index is 10.6. The first-order chi connectivity index (χ1) is 6.48. The minimum Gasteiger partial charge on any atom is -0.481 e. The average Bonchev–Trinajstić information content (AvgIpc) is 2.47. The number of ether oxygens (including phenoxy) is 2. The zero-order chi connectivity index (χ0) is 10.3. The molecule has 0 unspecified atom stereocenters. The lowest BCUT2D eigenvalue weighted by atomic mass is 10.1. The molecule has 0 aromatic carbocycles. The van der Waals surface area contributed by atoms with Gasteiger partial charge in [-0.2, -0.15) is 11.8 Å². The van der Waals surface area contributed by atoms with E-state index in [1.54, 1.807) is 11.8 Å². The lowest BCUT2D eigenvalue weighted by Gasteiger charge is -2.20. The zero-order valence-corrected chi connectivity index (χ0v) is 9.04. The molecule has 2 saturated heterocycles. The van der Waals surface area contributed by atoms with Crippen LogP contribution in [0.15, 0.2) is 0 Å². The third-order valence-electron chi connectivity index (χ3n) is 2.44. The van der Waals surface area contributed by atoms with E-state index in [1.165, 1.54) is 0 Å². The fraction of sp³-hybridized carbons (Fsp3) is 0.889. The molecule has 4 nitrogen and oxygen atoms in total. The number of carboxylic acids is 1. The highest BCUT2D eigenvalue weighted by atomic mass is 32.2. The summed E-state index contributed by atoms with van der Waals surface area (Å²) in [5.74, 6) is -0.476. The number of aliphatic carboxylic acids is 1. The maximum Gasteiger partial charge on any atom is 0.304 e. The average molecular weight is 218 g/mol. The second-order valence-corrected chi connectivity index (χ2v) is 5.38. The molecule has 3 atom stereocenters. The van der Waals surface area contributed by atoms with Gasteiger partial charge in [0, 0.05) is 11.0 Å². The number of thioether (sulfide) groups is 1. The summed E-state index contributed by atoms with van der Waals surface area (Å²) in [6.07, 6.45) is 0.177. The van der Waals surface area contributed by atoms with Gasteiger partial charge in [0.05, 0.1) is 12.5 Å². The van der Waals surface area contributed by atoms with Gasteiger partial charge in [0.2, 0.25) is 0 Å². The number of hydrogen-bond acceptors (Lipinski definition) is 4. The number of fused-ring (bicyclic) bond motifs is 1. The molecule has 5 heteroatoms. The third-order valence-corrected chi connectivity index (χ3v) is 3.82. The quantitative estimate of drug-likeness (QED) is 0.752. The molecule has 0 amide bonds. The van der Waals surface area contributed by atoms with Crippen LogP contribution in [0.1, 0.15) is 20.3 Å². The second-order valence-electron chi connectivity index (χ2n) is 4.11. The van der Waals surface area contributed by atoms with Crippen LogP contribution < -0.4 is 0 Å². The predicted octanol–water partition coefficient (Wildman–Crippen LogP) is 1.10. The first-order valence-corrected chi connectivity index (χ1v) is 5.72. The normalized spacial score (nSPS) is 39.7. The Balaban J connectivity index is 2.01. The van der Waals surface area contributed by atoms with Crippen molar-refractivity contribution in [2.24, 2.45) is 0 Å². The fourth-order valence-electron chi connectivity index (χ4n) is 1.97. The summed E-state index contributed by atoms with van der Waals surface area (Å²) in [5.41, 5.74) is 0. The van der Waals surface area contributed by atoms with Gasteiger partial charge in [-0.3, -0.25) is 4.79 Å². The van der Waals surface area contributed by atoms with Gasteiger partial charge in [-0.1, -0.05) is 0 Å². The number of hydrogen-bond donors (Lipinski definition) is 1. The first-order valence-electron chi connectivity index (χ1n) is 4.67. The van der Waals surface area contributed by atoms with E-state index in [2.05, 4.69) is 0 Å². The summed E-state index contributed by atoms with van der Waals surface area (Å²) in [7, 11) is 0. The Labute approximate surface area is 87.0 Å². The highest BCUT2D eigenvalue weighted by Crippen LogP contribution is 2.42. The van der Waals surface area contributed by atoms with Gasteiger partial charge < -0.3 is 14.6 Å². The highest BCUT2D eigenvalue weighted by Gasteiger charge is 2.49. The maximum absolute atomic E-state index is 10.6. The van der Waals surface area contributed by atoms with E-state index in [0.717, 1.165) is 5.75 Å². The van der Waals surface area contributed by atoms with Gasteiger partial charge in [-0.15, -0.1) is 0 Å². The van der Waals surface area contributed by atoms with Gasteiger partial charge in [-0.25, -0.2) is 0 Å². The molecule has 80 valence electrons. The first kappa shape index (κ1) is 10.3. The van der Waals surface area contributed by atoms with Crippen LogP contribution in [0, 0.1) is 0 Å². The Morgan fingerprint density at radius 3 is 2.93 bits per heavy atom. The van der Waals surface area contributed by atoms with Crippen molar-refractivity contribution >= 4 is 17.7 Å². The van der Waals surface area contributed by atoms with E-state index in [1.807, 2.05) is 13.8 Å². The molecule has 2 aliphatic rings. The van der Waals surface area contributed by atoms with E-state index in [4.69, 9.17) is 14.6 Å². The van der Waals surface area contributed by atoms with E-state index in [0.29, 0.717) is 0 Å². The molecule has 14 heavy (non-hydrogen) atoms. The van der Waals surface area contributed by atoms with Crippen molar-refractivity contribution in [2.45, 2.75) is 43.5 Å². The number of carbonyl (C=O) groups is 1. The van der Waals surface area contributed by atoms with Crippen LogP contribution in [0.2, 0.25) is 0 Å². The topological polar surface area (TPSA) is 55.8 Å². The summed E-state index contributed by atoms with van der Waals surface area (Å²) in [6, 6.07) is 0. The monoisotopic (exact) mass is 218 g/mol. The number of rotatable bonds is 2. The van der Waals surface area contributed by atoms with Crippen molar-refractivity contribution in [3.63, 3.8) is 0 Å². The molecule has 0 aromatic rings. The zero-order valence-electron chi connectivity index (χ0n) is 8.23. The Morgan fingerprint density at radius 2 is 2.29 bits per heavy atom. The number of carboxylic acid groups (broad SMARTS) is 1. The van der Waals surface area contributed by atoms with Crippen molar-refractivity contribution in [2.75, 3.05) is 5.75 Å². The summed E-state index contributed by atoms with van der Waals surface area (Å²) in [4.78, 5) is 10.6. The molecular weight excluding hydrogens is 204 g/mol. The summed E-state index contributed by atoms with van der Waals surface area (Å²) >= 11 is 1.63. The molecule has 2 aliphatic heterocycles. The van der Waals surface area contributed by atoms with Crippen molar-refractivity contribution in [3.05, 3.63) is 0 Å². The molecule has 0 spiro atoms. The molecule has 0 radical (unpaired) electrons. The minimum absolute atomic E-state index is 0.0410. The predicted molar refractivity (Wildman–Crippen MR) is 52.3 cm³/mol. The third kappa shape index (κ3) is 1.89. The van der Waals surface area contributed by atoms with Crippen LogP contribution in [0.5, 0.6) is 0 Å². The Bertz CT molecular complexity index is 253. The van der Waals surface area contributed by atoms with Crippen LogP contribution in [0.3, 0.4) is 0 Å². The molecule has 2 fully saturated rings. The molecule has 0 aromatic heterocycles. The van der Waals surface area contributed by atoms with E-state index < -0.39 is 11.8 Å². The largest absolute Gasteiger partial charge is 0.481 e. The van der Waals surface area contributed by atoms with Crippen molar-refractivity contribution in [1.29, 1.82) is 0 Å². The fourth-order valence-corrected chi connectivity index (χ4v) is 3.34. The Morgan fingerprint density at radius 1 is 1.57 bits per heavy atom. The molecule has 2 heterocycles. The van der Waals surface area contributed by atoms with E-state index in [9.17, 15) is 4.79 Å². The summed E-state index contributed by atoms with van der Waals surface area (Å²) < 4.78 is 11.3. The van der Waals surface area contributed by atoms with Crippen molar-refractivity contribution < 1.29 is 19.4 Å². The standard InChI is InChI=1S/C9H14O4S/c1-9(2)12-5-4-14-6(3-7(10)11)8(5)13-9/h5-6,8H,3-4H2,1-2H3,(H,10,11)/t5-,6-,8-/m1/s1. The summed E-state index contributed by atoms with van der Waals surface area (Å²) in [6.45, 7) is 3.74. The molecule has 0 bridgehead atoms. The van der Waals surface area contributed by atoms with Crippen LogP contribution in [0.4, 0.5) is 0 Å². The van der Waals surface area contributed by atoms with Crippen LogP contribution in [0.25, 0.3) is 0 Å². The SMILES string of the molecule is CC1(C)O[C@@H]2[C@@H](CS[C@@H]2CC(=O)O)O1. The van der Waals surface area contributed by atoms with Gasteiger partial charge in [0.25, 0.3) is 0 Å². The van der Waals surface area contributed by atoms with Crippen molar-refractivity contribution in [3.8, 4) is 0 Å². The van der Waals surface area contributed by atoms with Crippen LogP contribution in [-0.2, 0) is 14.3 Å². The molecular formula is C9H14O4S. The Hall–Kier alpha value is -0.260.